The quantitative estimate of drug-likeness (QED) is 0.0195. The second-order valence-electron chi connectivity index (χ2n) is 16.4. The van der Waals surface area contributed by atoms with E-state index in [9.17, 15) is 29.8 Å². The number of nitrogens with one attached hydrogen (secondary N) is 1. The van der Waals surface area contributed by atoms with Crippen LogP contribution in [0.2, 0.25) is 0 Å². The standard InChI is InChI=1S/C50H73N3O10/c1-4-7-10-13-16-19-22-25-32-60-46-37-41(38-47(61-33-26-23-20-17-14-11-8-5-2)48(46)62-34-27-24-21-18-15-12-9-6-3)50(55)63-45-30-28-42(29-31-45)51-49(54)40-35-43(52(56)57)39-44(36-40)53(58)59/h28-31,35-39H,4-27,32-34H2,1-3H3,(H,51,54). The van der Waals surface area contributed by atoms with Crippen LogP contribution in [-0.4, -0.2) is 41.5 Å². The molecule has 13 nitrogen and oxygen atoms in total. The molecule has 0 saturated heterocycles. The first-order valence-electron chi connectivity index (χ1n) is 23.8. The number of nitrogens with zero attached hydrogens (tertiary/aromatic N) is 2. The summed E-state index contributed by atoms with van der Waals surface area (Å²) in [6.45, 7) is 8.11. The molecular formula is C50H73N3O10. The van der Waals surface area contributed by atoms with Crippen LogP contribution in [-0.2, 0) is 0 Å². The fourth-order valence-electron chi connectivity index (χ4n) is 7.21. The van der Waals surface area contributed by atoms with Crippen molar-refractivity contribution < 1.29 is 38.4 Å². The van der Waals surface area contributed by atoms with E-state index in [1.165, 1.54) is 121 Å². The third-order valence-electron chi connectivity index (χ3n) is 10.9. The van der Waals surface area contributed by atoms with Crippen LogP contribution in [0.3, 0.4) is 0 Å². The molecule has 1 N–H and O–H groups in total. The average molecular weight is 876 g/mol. The number of unbranched alkanes of at least 4 members (excludes halogenated alkanes) is 21. The lowest BCUT2D eigenvalue weighted by Gasteiger charge is -2.19. The molecule has 3 aromatic carbocycles. The van der Waals surface area contributed by atoms with E-state index in [0.29, 0.717) is 37.1 Å². The van der Waals surface area contributed by atoms with Gasteiger partial charge in [0, 0.05) is 17.8 Å². The number of carbonyl (C=O) groups is 2. The Morgan fingerprint density at radius 2 is 0.873 bits per heavy atom. The number of nitro groups is 2. The molecule has 0 saturated carbocycles. The number of ether oxygens (including phenoxy) is 4. The highest BCUT2D eigenvalue weighted by Crippen LogP contribution is 2.40. The van der Waals surface area contributed by atoms with Crippen molar-refractivity contribution in [1.29, 1.82) is 0 Å². The van der Waals surface area contributed by atoms with Crippen molar-refractivity contribution in [1.82, 2.24) is 0 Å². The van der Waals surface area contributed by atoms with Gasteiger partial charge in [0.2, 0.25) is 5.75 Å². The van der Waals surface area contributed by atoms with Gasteiger partial charge >= 0.3 is 5.97 Å². The van der Waals surface area contributed by atoms with Crippen LogP contribution >= 0.6 is 0 Å². The summed E-state index contributed by atoms with van der Waals surface area (Å²) < 4.78 is 25.0. The molecule has 0 aliphatic heterocycles. The number of esters is 1. The van der Waals surface area contributed by atoms with E-state index in [1.54, 1.807) is 12.1 Å². The number of hydrogen-bond acceptors (Lipinski definition) is 10. The number of rotatable bonds is 36. The second-order valence-corrected chi connectivity index (χ2v) is 16.4. The Morgan fingerprint density at radius 1 is 0.492 bits per heavy atom. The zero-order valence-electron chi connectivity index (χ0n) is 38.3. The lowest BCUT2D eigenvalue weighted by molar-refractivity contribution is -0.394. The lowest BCUT2D eigenvalue weighted by atomic mass is 10.1. The van der Waals surface area contributed by atoms with Gasteiger partial charge in [0.1, 0.15) is 5.75 Å². The van der Waals surface area contributed by atoms with Crippen LogP contribution < -0.4 is 24.3 Å². The highest BCUT2D eigenvalue weighted by molar-refractivity contribution is 6.05. The van der Waals surface area contributed by atoms with Crippen molar-refractivity contribution in [3.05, 3.63) is 86.0 Å². The van der Waals surface area contributed by atoms with E-state index < -0.39 is 33.1 Å². The molecule has 0 bridgehead atoms. The number of benzene rings is 3. The summed E-state index contributed by atoms with van der Waals surface area (Å²) in [7, 11) is 0. The number of carbonyl (C=O) groups excluding carboxylic acids is 2. The molecule has 0 aromatic heterocycles. The number of amides is 1. The zero-order chi connectivity index (χ0) is 45.5. The Kier molecular flexibility index (Phi) is 26.2. The van der Waals surface area contributed by atoms with Crippen molar-refractivity contribution in [3.8, 4) is 23.0 Å². The fourth-order valence-corrected chi connectivity index (χ4v) is 7.21. The molecular weight excluding hydrogens is 803 g/mol. The van der Waals surface area contributed by atoms with Gasteiger partial charge < -0.3 is 24.3 Å². The molecule has 13 heteroatoms. The molecule has 0 unspecified atom stereocenters. The van der Waals surface area contributed by atoms with Crippen LogP contribution in [0.1, 0.15) is 196 Å². The first-order chi connectivity index (χ1) is 30.7. The van der Waals surface area contributed by atoms with Crippen molar-refractivity contribution in [2.24, 2.45) is 0 Å². The molecule has 0 fully saturated rings. The van der Waals surface area contributed by atoms with Gasteiger partial charge in [-0.1, -0.05) is 156 Å². The predicted molar refractivity (Wildman–Crippen MR) is 250 cm³/mol. The van der Waals surface area contributed by atoms with Gasteiger partial charge in [-0.15, -0.1) is 0 Å². The van der Waals surface area contributed by atoms with Crippen molar-refractivity contribution in [2.45, 2.75) is 175 Å². The monoisotopic (exact) mass is 876 g/mol. The van der Waals surface area contributed by atoms with Crippen LogP contribution in [0.5, 0.6) is 23.0 Å². The highest BCUT2D eigenvalue weighted by atomic mass is 16.6. The van der Waals surface area contributed by atoms with Gasteiger partial charge in [0.05, 0.1) is 46.9 Å². The molecule has 63 heavy (non-hydrogen) atoms. The number of nitro benzene ring substituents is 2. The van der Waals surface area contributed by atoms with E-state index in [2.05, 4.69) is 26.1 Å². The maximum atomic E-state index is 13.8. The van der Waals surface area contributed by atoms with Gasteiger partial charge in [0.15, 0.2) is 11.5 Å². The van der Waals surface area contributed by atoms with Crippen LogP contribution in [0.15, 0.2) is 54.6 Å². The SMILES string of the molecule is CCCCCCCCCCOc1cc(C(=O)Oc2ccc(NC(=O)c3cc([N+](=O)[O-])cc([N+](=O)[O-])c3)cc2)cc(OCCCCCCCCCC)c1OCCCCCCCCCC. The molecule has 348 valence electrons. The second kappa shape index (κ2) is 31.6. The third kappa shape index (κ3) is 21.2. The Balaban J connectivity index is 1.77. The summed E-state index contributed by atoms with van der Waals surface area (Å²) in [5.41, 5.74) is -0.903. The Labute approximate surface area is 375 Å². The van der Waals surface area contributed by atoms with Gasteiger partial charge in [-0.05, 0) is 55.7 Å². The minimum absolute atomic E-state index is 0.196. The molecule has 0 aliphatic rings. The summed E-state index contributed by atoms with van der Waals surface area (Å²) >= 11 is 0. The normalized spacial score (nSPS) is 11.0. The van der Waals surface area contributed by atoms with Gasteiger partial charge in [-0.25, -0.2) is 4.79 Å². The maximum absolute atomic E-state index is 13.8. The molecule has 1 amide bonds. The van der Waals surface area contributed by atoms with Crippen molar-refractivity contribution >= 4 is 28.9 Å². The smallest absolute Gasteiger partial charge is 0.343 e. The van der Waals surface area contributed by atoms with Crippen LogP contribution in [0, 0.1) is 20.2 Å². The largest absolute Gasteiger partial charge is 0.490 e. The molecule has 0 heterocycles. The van der Waals surface area contributed by atoms with Crippen LogP contribution in [0.4, 0.5) is 17.1 Å². The molecule has 0 spiro atoms. The number of non-ortho nitro benzene ring substituents is 2. The molecule has 0 atom stereocenters. The lowest BCUT2D eigenvalue weighted by Crippen LogP contribution is -2.13. The number of anilines is 1. The molecule has 0 radical (unpaired) electrons. The minimum atomic E-state index is -0.801. The summed E-state index contributed by atoms with van der Waals surface area (Å²) in [6, 6.07) is 12.0. The highest BCUT2D eigenvalue weighted by Gasteiger charge is 2.22. The Hall–Kier alpha value is -5.20. The predicted octanol–water partition coefficient (Wildman–Crippen LogP) is 14.5. The van der Waals surface area contributed by atoms with Gasteiger partial charge in [0.25, 0.3) is 17.3 Å². The molecule has 0 aliphatic carbocycles. The van der Waals surface area contributed by atoms with Crippen LogP contribution in [0.25, 0.3) is 0 Å². The molecule has 3 rings (SSSR count). The van der Waals surface area contributed by atoms with Crippen molar-refractivity contribution in [3.63, 3.8) is 0 Å². The zero-order valence-corrected chi connectivity index (χ0v) is 38.3. The third-order valence-corrected chi connectivity index (χ3v) is 10.9. The van der Waals surface area contributed by atoms with Gasteiger partial charge in [-0.2, -0.15) is 0 Å². The van der Waals surface area contributed by atoms with E-state index in [-0.39, 0.29) is 22.6 Å². The first-order valence-corrected chi connectivity index (χ1v) is 23.8. The van der Waals surface area contributed by atoms with Crippen molar-refractivity contribution in [2.75, 3.05) is 25.1 Å². The fraction of sp³-hybridized carbons (Fsp3) is 0.600. The maximum Gasteiger partial charge on any atom is 0.343 e. The summed E-state index contributed by atoms with van der Waals surface area (Å²) in [4.78, 5) is 47.7. The number of hydrogen-bond donors (Lipinski definition) is 1. The Bertz CT molecular complexity index is 1720. The van der Waals surface area contributed by atoms with E-state index in [1.807, 2.05) is 0 Å². The Morgan fingerprint density at radius 3 is 1.27 bits per heavy atom. The van der Waals surface area contributed by atoms with E-state index in [0.717, 1.165) is 76.0 Å². The summed E-state index contributed by atoms with van der Waals surface area (Å²) in [5, 5.41) is 25.2. The average Bonchev–Trinajstić information content (AvgIpc) is 3.28. The molecule has 3 aromatic rings. The summed E-state index contributed by atoms with van der Waals surface area (Å²) in [6.07, 6.45) is 28.0. The first kappa shape index (κ1) is 52.1. The van der Waals surface area contributed by atoms with E-state index in [4.69, 9.17) is 18.9 Å². The minimum Gasteiger partial charge on any atom is -0.490 e. The summed E-state index contributed by atoms with van der Waals surface area (Å²) in [5.74, 6) is 0.161. The topological polar surface area (TPSA) is 169 Å². The van der Waals surface area contributed by atoms with E-state index >= 15 is 0 Å². The van der Waals surface area contributed by atoms with Gasteiger partial charge in [-0.3, -0.25) is 25.0 Å².